The molecule has 3 fully saturated rings. The molecular weight excluding hydrogens is 200 g/mol. The van der Waals surface area contributed by atoms with Gasteiger partial charge in [0.05, 0.1) is 12.2 Å². The summed E-state index contributed by atoms with van der Waals surface area (Å²) >= 11 is 0. The Hall–Kier alpha value is -0.570. The molecule has 1 amide bonds. The van der Waals surface area contributed by atoms with Gasteiger partial charge in [0.15, 0.2) is 0 Å². The van der Waals surface area contributed by atoms with Crippen LogP contribution in [0.5, 0.6) is 0 Å². The summed E-state index contributed by atoms with van der Waals surface area (Å²) in [6.45, 7) is 4.17. The van der Waals surface area contributed by atoms with E-state index in [2.05, 4.69) is 17.1 Å². The molecule has 3 rings (SSSR count). The number of fused-ring (bicyclic) bond motifs is 2. The topological polar surface area (TPSA) is 32.3 Å². The van der Waals surface area contributed by atoms with Crippen molar-refractivity contribution in [2.75, 3.05) is 0 Å². The zero-order valence-corrected chi connectivity index (χ0v) is 10.3. The van der Waals surface area contributed by atoms with Crippen LogP contribution < -0.4 is 5.32 Å². The lowest BCUT2D eigenvalue weighted by atomic mass is 9.93. The third kappa shape index (κ3) is 1.41. The Morgan fingerprint density at radius 2 is 2.19 bits per heavy atom. The van der Waals surface area contributed by atoms with Crippen molar-refractivity contribution >= 4 is 5.91 Å². The first-order valence-electron chi connectivity index (χ1n) is 6.79. The quantitative estimate of drug-likeness (QED) is 0.771. The first kappa shape index (κ1) is 10.6. The van der Waals surface area contributed by atoms with Crippen LogP contribution in [0.4, 0.5) is 0 Å². The SMILES string of the molecule is CCC1NC(C)C(=O)N1C1CC2CCC1C2. The smallest absolute Gasteiger partial charge is 0.240 e. The molecule has 3 aliphatic rings. The molecule has 0 spiro atoms. The third-order valence-electron chi connectivity index (χ3n) is 4.85. The number of nitrogens with zero attached hydrogens (tertiary/aromatic N) is 1. The van der Waals surface area contributed by atoms with Gasteiger partial charge in [0.2, 0.25) is 5.91 Å². The zero-order valence-electron chi connectivity index (χ0n) is 10.3. The van der Waals surface area contributed by atoms with Crippen LogP contribution in [0.15, 0.2) is 0 Å². The summed E-state index contributed by atoms with van der Waals surface area (Å²) in [6.07, 6.45) is 6.73. The standard InChI is InChI=1S/C13H22N2O/c1-3-12-14-8(2)13(16)15(12)11-7-9-4-5-10(11)6-9/h8-12,14H,3-7H2,1-2H3. The van der Waals surface area contributed by atoms with Gasteiger partial charge in [-0.3, -0.25) is 10.1 Å². The van der Waals surface area contributed by atoms with Crippen LogP contribution in [0.25, 0.3) is 0 Å². The molecule has 1 saturated heterocycles. The van der Waals surface area contributed by atoms with Crippen molar-refractivity contribution in [3.8, 4) is 0 Å². The fraction of sp³-hybridized carbons (Fsp3) is 0.923. The molecule has 16 heavy (non-hydrogen) atoms. The Bertz CT molecular complexity index is 304. The Morgan fingerprint density at radius 3 is 2.75 bits per heavy atom. The Balaban J connectivity index is 1.80. The van der Waals surface area contributed by atoms with Crippen molar-refractivity contribution in [3.63, 3.8) is 0 Å². The maximum absolute atomic E-state index is 12.2. The zero-order chi connectivity index (χ0) is 11.3. The third-order valence-corrected chi connectivity index (χ3v) is 4.85. The van der Waals surface area contributed by atoms with Gasteiger partial charge in [0, 0.05) is 6.04 Å². The average Bonchev–Trinajstić information content (AvgIpc) is 2.94. The van der Waals surface area contributed by atoms with Crippen molar-refractivity contribution in [3.05, 3.63) is 0 Å². The highest BCUT2D eigenvalue weighted by atomic mass is 16.2. The second-order valence-electron chi connectivity index (χ2n) is 5.80. The molecule has 2 aliphatic carbocycles. The van der Waals surface area contributed by atoms with E-state index in [0.29, 0.717) is 18.1 Å². The van der Waals surface area contributed by atoms with Crippen molar-refractivity contribution in [2.45, 2.75) is 64.2 Å². The van der Waals surface area contributed by atoms with Crippen LogP contribution in [-0.4, -0.2) is 29.1 Å². The van der Waals surface area contributed by atoms with Crippen LogP contribution in [0.1, 0.15) is 46.0 Å². The summed E-state index contributed by atoms with van der Waals surface area (Å²) in [5, 5.41) is 3.42. The molecule has 1 heterocycles. The highest BCUT2D eigenvalue weighted by molar-refractivity contribution is 5.84. The minimum absolute atomic E-state index is 0.0316. The van der Waals surface area contributed by atoms with Gasteiger partial charge in [-0.05, 0) is 44.4 Å². The summed E-state index contributed by atoms with van der Waals surface area (Å²) in [6, 6.07) is 0.581. The summed E-state index contributed by atoms with van der Waals surface area (Å²) in [5.41, 5.74) is 0. The fourth-order valence-corrected chi connectivity index (χ4v) is 4.08. The molecule has 90 valence electrons. The van der Waals surface area contributed by atoms with Gasteiger partial charge in [0.1, 0.15) is 0 Å². The first-order chi connectivity index (χ1) is 7.70. The second-order valence-corrected chi connectivity index (χ2v) is 5.80. The van der Waals surface area contributed by atoms with Gasteiger partial charge in [-0.1, -0.05) is 13.3 Å². The lowest BCUT2D eigenvalue weighted by Crippen LogP contribution is -2.46. The lowest BCUT2D eigenvalue weighted by molar-refractivity contribution is -0.133. The maximum atomic E-state index is 12.2. The van der Waals surface area contributed by atoms with E-state index in [1.54, 1.807) is 0 Å². The van der Waals surface area contributed by atoms with Crippen molar-refractivity contribution in [2.24, 2.45) is 11.8 Å². The lowest BCUT2D eigenvalue weighted by Gasteiger charge is -2.35. The highest BCUT2D eigenvalue weighted by Crippen LogP contribution is 2.47. The van der Waals surface area contributed by atoms with Crippen LogP contribution in [0.2, 0.25) is 0 Å². The molecule has 1 N–H and O–H groups in total. The largest absolute Gasteiger partial charge is 0.323 e. The number of carbonyl (C=O) groups is 1. The predicted octanol–water partition coefficient (Wildman–Crippen LogP) is 1.73. The van der Waals surface area contributed by atoms with E-state index in [0.717, 1.165) is 18.3 Å². The minimum atomic E-state index is 0.0316. The normalized spacial score (nSPS) is 47.0. The summed E-state index contributed by atoms with van der Waals surface area (Å²) in [4.78, 5) is 14.4. The number of rotatable bonds is 2. The van der Waals surface area contributed by atoms with Crippen LogP contribution in [0.3, 0.4) is 0 Å². The monoisotopic (exact) mass is 222 g/mol. The summed E-state index contributed by atoms with van der Waals surface area (Å²) < 4.78 is 0. The van der Waals surface area contributed by atoms with Crippen molar-refractivity contribution < 1.29 is 4.79 Å². The van der Waals surface area contributed by atoms with Crippen LogP contribution in [0, 0.1) is 11.8 Å². The maximum Gasteiger partial charge on any atom is 0.240 e. The molecule has 0 aromatic heterocycles. The van der Waals surface area contributed by atoms with Gasteiger partial charge in [-0.25, -0.2) is 0 Å². The van der Waals surface area contributed by atoms with E-state index < -0.39 is 0 Å². The Kier molecular flexibility index (Phi) is 2.46. The van der Waals surface area contributed by atoms with Gasteiger partial charge in [0.25, 0.3) is 0 Å². The van der Waals surface area contributed by atoms with Crippen LogP contribution >= 0.6 is 0 Å². The van der Waals surface area contributed by atoms with E-state index in [-0.39, 0.29) is 6.04 Å². The van der Waals surface area contributed by atoms with E-state index in [4.69, 9.17) is 0 Å². The Labute approximate surface area is 97.6 Å². The van der Waals surface area contributed by atoms with Crippen LogP contribution in [-0.2, 0) is 4.79 Å². The average molecular weight is 222 g/mol. The summed E-state index contributed by atoms with van der Waals surface area (Å²) in [7, 11) is 0. The van der Waals surface area contributed by atoms with Gasteiger partial charge in [-0.2, -0.15) is 0 Å². The van der Waals surface area contributed by atoms with E-state index in [1.165, 1.54) is 25.7 Å². The fourth-order valence-electron chi connectivity index (χ4n) is 4.08. The number of hydrogen-bond donors (Lipinski definition) is 1. The van der Waals surface area contributed by atoms with E-state index >= 15 is 0 Å². The van der Waals surface area contributed by atoms with Crippen molar-refractivity contribution in [1.29, 1.82) is 0 Å². The molecule has 1 aliphatic heterocycles. The predicted molar refractivity (Wildman–Crippen MR) is 62.8 cm³/mol. The van der Waals surface area contributed by atoms with Crippen molar-refractivity contribution in [1.82, 2.24) is 10.2 Å². The highest BCUT2D eigenvalue weighted by Gasteiger charge is 2.48. The molecule has 0 radical (unpaired) electrons. The molecule has 2 saturated carbocycles. The van der Waals surface area contributed by atoms with Gasteiger partial charge < -0.3 is 4.90 Å². The molecule has 0 aromatic rings. The first-order valence-corrected chi connectivity index (χ1v) is 6.79. The van der Waals surface area contributed by atoms with Gasteiger partial charge >= 0.3 is 0 Å². The second kappa shape index (κ2) is 3.73. The number of carbonyl (C=O) groups excluding carboxylic acids is 1. The summed E-state index contributed by atoms with van der Waals surface area (Å²) in [5.74, 6) is 2.05. The van der Waals surface area contributed by atoms with Gasteiger partial charge in [-0.15, -0.1) is 0 Å². The Morgan fingerprint density at radius 1 is 1.38 bits per heavy atom. The number of amides is 1. The minimum Gasteiger partial charge on any atom is -0.323 e. The van der Waals surface area contributed by atoms with E-state index in [1.807, 2.05) is 6.92 Å². The molecule has 3 nitrogen and oxygen atoms in total. The molecule has 5 unspecified atom stereocenters. The van der Waals surface area contributed by atoms with E-state index in [9.17, 15) is 4.79 Å². The molecule has 5 atom stereocenters. The number of nitrogens with one attached hydrogen (secondary N) is 1. The molecule has 0 aromatic carbocycles. The molecular formula is C13H22N2O. The molecule has 2 bridgehead atoms. The molecule has 3 heteroatoms. The number of hydrogen-bond acceptors (Lipinski definition) is 2.